The number of ether oxygens (including phenoxy) is 1. The minimum absolute atomic E-state index is 0.0403. The molecule has 1 fully saturated rings. The molecule has 3 aliphatic rings. The summed E-state index contributed by atoms with van der Waals surface area (Å²) in [7, 11) is 1.68. The molecule has 0 radical (unpaired) electrons. The van der Waals surface area contributed by atoms with Crippen LogP contribution in [0.15, 0.2) is 21.8 Å². The summed E-state index contributed by atoms with van der Waals surface area (Å²) in [4.78, 5) is 13.4. The Labute approximate surface area is 160 Å². The van der Waals surface area contributed by atoms with E-state index in [-0.39, 0.29) is 24.1 Å². The predicted octanol–water partition coefficient (Wildman–Crippen LogP) is 3.94. The monoisotopic (exact) mass is 410 g/mol. The van der Waals surface area contributed by atoms with Crippen molar-refractivity contribution in [1.29, 1.82) is 0 Å². The molecule has 6 unspecified atom stereocenters. The van der Waals surface area contributed by atoms with Gasteiger partial charge >= 0.3 is 0 Å². The molecule has 6 atom stereocenters. The molecule has 0 saturated heterocycles. The molecule has 140 valence electrons. The maximum atomic E-state index is 13.4. The van der Waals surface area contributed by atoms with Crippen LogP contribution < -0.4 is 10.6 Å². The number of ketones is 1. The van der Waals surface area contributed by atoms with E-state index in [1.165, 1.54) is 12.0 Å². The summed E-state index contributed by atoms with van der Waals surface area (Å²) >= 11 is 3.62. The zero-order valence-electron chi connectivity index (χ0n) is 15.9. The van der Waals surface area contributed by atoms with E-state index in [0.29, 0.717) is 23.7 Å². The van der Waals surface area contributed by atoms with Crippen molar-refractivity contribution < 1.29 is 9.53 Å². The minimum atomic E-state index is -0.292. The van der Waals surface area contributed by atoms with Crippen molar-refractivity contribution in [2.24, 2.45) is 29.6 Å². The van der Waals surface area contributed by atoms with Gasteiger partial charge in [0, 0.05) is 19.1 Å². The second kappa shape index (κ2) is 7.53. The Hall–Kier alpha value is -0.650. The number of nitrogens with one attached hydrogen (secondary N) is 2. The van der Waals surface area contributed by atoms with Gasteiger partial charge in [0.05, 0.1) is 5.70 Å². The Morgan fingerprint density at radius 1 is 1.32 bits per heavy atom. The molecule has 0 spiro atoms. The van der Waals surface area contributed by atoms with E-state index in [1.807, 2.05) is 0 Å². The van der Waals surface area contributed by atoms with Crippen molar-refractivity contribution in [3.05, 3.63) is 21.8 Å². The third-order valence-electron chi connectivity index (χ3n) is 5.87. The van der Waals surface area contributed by atoms with Crippen LogP contribution in [0.1, 0.15) is 47.0 Å². The Bertz CT molecular complexity index is 599. The van der Waals surface area contributed by atoms with E-state index >= 15 is 0 Å². The lowest BCUT2D eigenvalue weighted by Crippen LogP contribution is -2.57. The number of carbonyl (C=O) groups is 1. The summed E-state index contributed by atoms with van der Waals surface area (Å²) in [5, 5.41) is 6.92. The molecule has 0 bridgehead atoms. The Morgan fingerprint density at radius 2 is 2.00 bits per heavy atom. The maximum Gasteiger partial charge on any atom is 0.184 e. The normalized spacial score (nSPS) is 38.4. The number of Topliss-reactive ketones (excluding diaryl/α,β-unsaturated/α-hetero) is 1. The van der Waals surface area contributed by atoms with Gasteiger partial charge in [-0.25, -0.2) is 0 Å². The summed E-state index contributed by atoms with van der Waals surface area (Å²) in [5.41, 5.74) is 2.05. The molecule has 3 rings (SSSR count). The topological polar surface area (TPSA) is 50.4 Å². The van der Waals surface area contributed by atoms with Crippen LogP contribution in [0.2, 0.25) is 0 Å². The first kappa shape index (κ1) is 19.1. The first-order chi connectivity index (χ1) is 11.8. The smallest absolute Gasteiger partial charge is 0.184 e. The van der Waals surface area contributed by atoms with Crippen molar-refractivity contribution in [1.82, 2.24) is 10.6 Å². The van der Waals surface area contributed by atoms with Crippen LogP contribution >= 0.6 is 15.9 Å². The van der Waals surface area contributed by atoms with Gasteiger partial charge in [-0.2, -0.15) is 0 Å². The maximum absolute atomic E-state index is 13.4. The first-order valence-corrected chi connectivity index (χ1v) is 10.3. The number of hydrogen-bond acceptors (Lipinski definition) is 4. The van der Waals surface area contributed by atoms with Crippen LogP contribution in [0.4, 0.5) is 0 Å². The third kappa shape index (κ3) is 4.04. The summed E-state index contributed by atoms with van der Waals surface area (Å²) in [6, 6.07) is 0.236. The van der Waals surface area contributed by atoms with Crippen LogP contribution in [-0.4, -0.2) is 25.3 Å². The second-order valence-electron chi connectivity index (χ2n) is 8.36. The van der Waals surface area contributed by atoms with E-state index < -0.39 is 0 Å². The number of hydrogen-bond donors (Lipinski definition) is 2. The molecular formula is C20H31BrN2O2. The van der Waals surface area contributed by atoms with E-state index in [9.17, 15) is 4.79 Å². The highest BCUT2D eigenvalue weighted by Gasteiger charge is 2.46. The van der Waals surface area contributed by atoms with Gasteiger partial charge in [-0.05, 0) is 53.0 Å². The van der Waals surface area contributed by atoms with Crippen LogP contribution in [-0.2, 0) is 9.53 Å². The summed E-state index contributed by atoms with van der Waals surface area (Å²) < 4.78 is 6.70. The van der Waals surface area contributed by atoms with Crippen LogP contribution in [0.25, 0.3) is 0 Å². The summed E-state index contributed by atoms with van der Waals surface area (Å²) in [5.74, 6) is 2.37. The van der Waals surface area contributed by atoms with Gasteiger partial charge in [-0.15, -0.1) is 0 Å². The number of rotatable bonds is 5. The van der Waals surface area contributed by atoms with Crippen molar-refractivity contribution in [2.45, 2.75) is 59.4 Å². The van der Waals surface area contributed by atoms with Crippen molar-refractivity contribution >= 4 is 21.7 Å². The molecule has 5 heteroatoms. The van der Waals surface area contributed by atoms with Gasteiger partial charge in [-0.1, -0.05) is 49.7 Å². The molecule has 25 heavy (non-hydrogen) atoms. The van der Waals surface area contributed by atoms with Gasteiger partial charge in [0.1, 0.15) is 0 Å². The molecule has 0 aromatic carbocycles. The standard InChI is InChI=1S/C20H31BrN2O2/c1-10(2)16-17(15-8-12(15)4)22-20(25-5)23-18(16)19(24)13-6-11(3)7-14(21)9-13/h7,10-13,15,17,20,22-23H,6,8-9H2,1-5H3. The van der Waals surface area contributed by atoms with E-state index in [0.717, 1.165) is 23.0 Å². The lowest BCUT2D eigenvalue weighted by molar-refractivity contribution is -0.121. The number of allylic oxidation sites excluding steroid dienone is 3. The van der Waals surface area contributed by atoms with E-state index in [2.05, 4.69) is 60.3 Å². The lowest BCUT2D eigenvalue weighted by Gasteiger charge is -2.38. The Kier molecular flexibility index (Phi) is 5.76. The molecule has 0 aromatic rings. The lowest BCUT2D eigenvalue weighted by atomic mass is 9.80. The van der Waals surface area contributed by atoms with Gasteiger partial charge < -0.3 is 10.1 Å². The average Bonchev–Trinajstić information content (AvgIpc) is 3.28. The van der Waals surface area contributed by atoms with Crippen molar-refractivity contribution in [3.8, 4) is 0 Å². The predicted molar refractivity (Wildman–Crippen MR) is 104 cm³/mol. The van der Waals surface area contributed by atoms with Crippen molar-refractivity contribution in [2.75, 3.05) is 7.11 Å². The largest absolute Gasteiger partial charge is 0.348 e. The Balaban J connectivity index is 1.93. The highest BCUT2D eigenvalue weighted by molar-refractivity contribution is 9.11. The molecule has 2 N–H and O–H groups in total. The minimum Gasteiger partial charge on any atom is -0.348 e. The zero-order chi connectivity index (χ0) is 18.3. The molecular weight excluding hydrogens is 380 g/mol. The fraction of sp³-hybridized carbons (Fsp3) is 0.750. The zero-order valence-corrected chi connectivity index (χ0v) is 17.5. The van der Waals surface area contributed by atoms with Crippen LogP contribution in [0.5, 0.6) is 0 Å². The molecule has 1 saturated carbocycles. The van der Waals surface area contributed by atoms with E-state index in [4.69, 9.17) is 4.74 Å². The highest BCUT2D eigenvalue weighted by atomic mass is 79.9. The Morgan fingerprint density at radius 3 is 2.52 bits per heavy atom. The fourth-order valence-electron chi connectivity index (χ4n) is 4.44. The van der Waals surface area contributed by atoms with Gasteiger partial charge in [0.25, 0.3) is 0 Å². The molecule has 4 nitrogen and oxygen atoms in total. The van der Waals surface area contributed by atoms with Gasteiger partial charge in [-0.3, -0.25) is 10.1 Å². The molecule has 1 heterocycles. The second-order valence-corrected chi connectivity index (χ2v) is 9.38. The third-order valence-corrected chi connectivity index (χ3v) is 6.46. The summed E-state index contributed by atoms with van der Waals surface area (Å²) in [6.45, 7) is 8.86. The number of halogens is 1. The number of carbonyl (C=O) groups excluding carboxylic acids is 1. The van der Waals surface area contributed by atoms with Crippen LogP contribution in [0.3, 0.4) is 0 Å². The van der Waals surface area contributed by atoms with Gasteiger partial charge in [0.2, 0.25) is 0 Å². The SMILES string of the molecule is COC1NC(C(=O)C2CC(Br)=CC(C)C2)=C(C(C)C)C(C2CC2C)N1. The number of methoxy groups -OCH3 is 1. The fourth-order valence-corrected chi connectivity index (χ4v) is 5.28. The van der Waals surface area contributed by atoms with E-state index in [1.54, 1.807) is 7.11 Å². The molecule has 2 aliphatic carbocycles. The highest BCUT2D eigenvalue weighted by Crippen LogP contribution is 2.46. The first-order valence-electron chi connectivity index (χ1n) is 9.51. The average molecular weight is 411 g/mol. The molecule has 0 amide bonds. The molecule has 0 aromatic heterocycles. The summed E-state index contributed by atoms with van der Waals surface area (Å²) in [6.07, 6.45) is 4.87. The quantitative estimate of drug-likeness (QED) is 0.720. The van der Waals surface area contributed by atoms with Gasteiger partial charge in [0.15, 0.2) is 12.1 Å². The van der Waals surface area contributed by atoms with Crippen molar-refractivity contribution in [3.63, 3.8) is 0 Å². The molecule has 1 aliphatic heterocycles. The van der Waals surface area contributed by atoms with Crippen LogP contribution in [0, 0.1) is 29.6 Å².